The molecule has 0 bridgehead atoms. The van der Waals surface area contributed by atoms with Gasteiger partial charge in [-0.3, -0.25) is 4.90 Å². The molecule has 1 aromatic rings. The molecule has 2 fully saturated rings. The molecule has 0 radical (unpaired) electrons. The molecule has 1 saturated heterocycles. The van der Waals surface area contributed by atoms with Crippen molar-refractivity contribution in [3.8, 4) is 0 Å². The molecule has 1 aliphatic heterocycles. The van der Waals surface area contributed by atoms with Crippen LogP contribution in [0.4, 0.5) is 0 Å². The van der Waals surface area contributed by atoms with E-state index in [1.165, 1.54) is 45.2 Å². The summed E-state index contributed by atoms with van der Waals surface area (Å²) in [6.45, 7) is 7.46. The van der Waals surface area contributed by atoms with Crippen LogP contribution >= 0.6 is 0 Å². The van der Waals surface area contributed by atoms with Crippen LogP contribution in [0.3, 0.4) is 0 Å². The fraction of sp³-hybridized carbons (Fsp3) is 0.824. The standard InChI is InChI=1S/C17H29N3O/c1-2-8-18-11-16-10-17(21-19-16)13-20-9-7-14-5-3-4-6-15(14)12-20/h10,14-15,18H,2-9,11-13H2,1H3. The number of piperidine rings is 1. The quantitative estimate of drug-likeness (QED) is 0.817. The van der Waals surface area contributed by atoms with Crippen LogP contribution < -0.4 is 5.32 Å². The van der Waals surface area contributed by atoms with E-state index in [1.54, 1.807) is 0 Å². The van der Waals surface area contributed by atoms with Crippen molar-refractivity contribution >= 4 is 0 Å². The van der Waals surface area contributed by atoms with Crippen LogP contribution in [0.5, 0.6) is 0 Å². The molecule has 1 aliphatic carbocycles. The number of hydrogen-bond donors (Lipinski definition) is 1. The van der Waals surface area contributed by atoms with Crippen molar-refractivity contribution in [3.05, 3.63) is 17.5 Å². The third kappa shape index (κ3) is 4.07. The topological polar surface area (TPSA) is 41.3 Å². The van der Waals surface area contributed by atoms with Crippen molar-refractivity contribution < 1.29 is 4.52 Å². The maximum Gasteiger partial charge on any atom is 0.151 e. The van der Waals surface area contributed by atoms with Gasteiger partial charge in [0.2, 0.25) is 0 Å². The van der Waals surface area contributed by atoms with E-state index < -0.39 is 0 Å². The minimum Gasteiger partial charge on any atom is -0.360 e. The Hall–Kier alpha value is -0.870. The highest BCUT2D eigenvalue weighted by Gasteiger charge is 2.31. The third-order valence-corrected chi connectivity index (χ3v) is 5.10. The number of fused-ring (bicyclic) bond motifs is 1. The lowest BCUT2D eigenvalue weighted by Crippen LogP contribution is -2.41. The molecule has 0 aromatic carbocycles. The molecule has 2 heterocycles. The van der Waals surface area contributed by atoms with Crippen LogP contribution in [0.1, 0.15) is 56.9 Å². The first-order valence-corrected chi connectivity index (χ1v) is 8.72. The molecular formula is C17H29N3O. The third-order valence-electron chi connectivity index (χ3n) is 5.10. The zero-order chi connectivity index (χ0) is 14.5. The average Bonchev–Trinajstić information content (AvgIpc) is 2.95. The van der Waals surface area contributed by atoms with Crippen LogP contribution in [0.25, 0.3) is 0 Å². The Morgan fingerprint density at radius 3 is 3.00 bits per heavy atom. The lowest BCUT2D eigenvalue weighted by Gasteiger charge is -2.40. The van der Waals surface area contributed by atoms with Crippen LogP contribution in [-0.4, -0.2) is 29.7 Å². The largest absolute Gasteiger partial charge is 0.360 e. The van der Waals surface area contributed by atoms with Crippen LogP contribution in [0.15, 0.2) is 10.6 Å². The van der Waals surface area contributed by atoms with E-state index in [0.29, 0.717) is 0 Å². The molecule has 4 nitrogen and oxygen atoms in total. The zero-order valence-corrected chi connectivity index (χ0v) is 13.3. The smallest absolute Gasteiger partial charge is 0.151 e. The predicted molar refractivity (Wildman–Crippen MR) is 83.8 cm³/mol. The van der Waals surface area contributed by atoms with Crippen molar-refractivity contribution in [2.24, 2.45) is 11.8 Å². The first kappa shape index (κ1) is 15.0. The second kappa shape index (κ2) is 7.41. The first-order chi connectivity index (χ1) is 10.3. The summed E-state index contributed by atoms with van der Waals surface area (Å²) in [4.78, 5) is 2.57. The maximum atomic E-state index is 5.50. The highest BCUT2D eigenvalue weighted by molar-refractivity contribution is 5.05. The van der Waals surface area contributed by atoms with Gasteiger partial charge in [0.25, 0.3) is 0 Å². The van der Waals surface area contributed by atoms with Gasteiger partial charge in [-0.1, -0.05) is 31.3 Å². The molecule has 1 N–H and O–H groups in total. The van der Waals surface area contributed by atoms with Crippen LogP contribution in [0, 0.1) is 11.8 Å². The van der Waals surface area contributed by atoms with E-state index in [4.69, 9.17) is 4.52 Å². The van der Waals surface area contributed by atoms with Crippen molar-refractivity contribution in [1.29, 1.82) is 0 Å². The number of aromatic nitrogens is 1. The highest BCUT2D eigenvalue weighted by Crippen LogP contribution is 2.36. The molecule has 118 valence electrons. The molecule has 2 unspecified atom stereocenters. The Kier molecular flexibility index (Phi) is 5.31. The van der Waals surface area contributed by atoms with E-state index in [1.807, 2.05) is 0 Å². The van der Waals surface area contributed by atoms with Gasteiger partial charge in [-0.05, 0) is 44.2 Å². The van der Waals surface area contributed by atoms with Gasteiger partial charge in [-0.25, -0.2) is 0 Å². The molecule has 2 aliphatic rings. The Morgan fingerprint density at radius 1 is 1.29 bits per heavy atom. The van der Waals surface area contributed by atoms with Gasteiger partial charge in [0.1, 0.15) is 0 Å². The van der Waals surface area contributed by atoms with Crippen molar-refractivity contribution in [3.63, 3.8) is 0 Å². The molecular weight excluding hydrogens is 262 g/mol. The van der Waals surface area contributed by atoms with E-state index >= 15 is 0 Å². The van der Waals surface area contributed by atoms with Gasteiger partial charge in [-0.2, -0.15) is 0 Å². The van der Waals surface area contributed by atoms with Crippen LogP contribution in [0.2, 0.25) is 0 Å². The summed E-state index contributed by atoms with van der Waals surface area (Å²) in [6.07, 6.45) is 8.32. The van der Waals surface area contributed by atoms with Crippen molar-refractivity contribution in [1.82, 2.24) is 15.4 Å². The normalized spacial score (nSPS) is 26.7. The van der Waals surface area contributed by atoms with Gasteiger partial charge in [0, 0.05) is 19.2 Å². The summed E-state index contributed by atoms with van der Waals surface area (Å²) in [5.74, 6) is 2.96. The van der Waals surface area contributed by atoms with Crippen molar-refractivity contribution in [2.75, 3.05) is 19.6 Å². The molecule has 21 heavy (non-hydrogen) atoms. The fourth-order valence-electron chi connectivity index (χ4n) is 3.95. The molecule has 0 amide bonds. The lowest BCUT2D eigenvalue weighted by atomic mass is 9.75. The molecule has 3 rings (SSSR count). The number of nitrogens with one attached hydrogen (secondary N) is 1. The van der Waals surface area contributed by atoms with Crippen molar-refractivity contribution in [2.45, 2.75) is 58.5 Å². The SMILES string of the molecule is CCCNCc1cc(CN2CCC3CCCCC3C2)on1. The molecule has 1 saturated carbocycles. The van der Waals surface area contributed by atoms with E-state index in [9.17, 15) is 0 Å². The predicted octanol–water partition coefficient (Wildman–Crippen LogP) is 3.19. The molecule has 2 atom stereocenters. The fourth-order valence-corrected chi connectivity index (χ4v) is 3.95. The Labute approximate surface area is 128 Å². The minimum absolute atomic E-state index is 0.821. The molecule has 4 heteroatoms. The average molecular weight is 291 g/mol. The zero-order valence-electron chi connectivity index (χ0n) is 13.3. The second-order valence-corrected chi connectivity index (χ2v) is 6.79. The first-order valence-electron chi connectivity index (χ1n) is 8.72. The summed E-state index contributed by atoms with van der Waals surface area (Å²) < 4.78 is 5.50. The number of rotatable bonds is 6. The van der Waals surface area contributed by atoms with E-state index in [0.717, 1.165) is 49.3 Å². The summed E-state index contributed by atoms with van der Waals surface area (Å²) in [5.41, 5.74) is 1.03. The summed E-state index contributed by atoms with van der Waals surface area (Å²) in [5, 5.41) is 7.54. The molecule has 0 spiro atoms. The number of hydrogen-bond acceptors (Lipinski definition) is 4. The lowest BCUT2D eigenvalue weighted by molar-refractivity contribution is 0.0759. The van der Waals surface area contributed by atoms with Gasteiger partial charge >= 0.3 is 0 Å². The van der Waals surface area contributed by atoms with Gasteiger partial charge in [0.15, 0.2) is 5.76 Å². The summed E-state index contributed by atoms with van der Waals surface area (Å²) >= 11 is 0. The van der Waals surface area contributed by atoms with Crippen LogP contribution in [-0.2, 0) is 13.1 Å². The monoisotopic (exact) mass is 291 g/mol. The Bertz CT molecular complexity index is 431. The number of nitrogens with zero attached hydrogens (tertiary/aromatic N) is 2. The second-order valence-electron chi connectivity index (χ2n) is 6.79. The molecule has 1 aromatic heterocycles. The van der Waals surface area contributed by atoms with E-state index in [2.05, 4.69) is 28.4 Å². The Morgan fingerprint density at radius 2 is 2.14 bits per heavy atom. The summed E-state index contributed by atoms with van der Waals surface area (Å²) in [6, 6.07) is 2.12. The van der Waals surface area contributed by atoms with Gasteiger partial charge in [0.05, 0.1) is 12.2 Å². The Balaban J connectivity index is 1.48. The van der Waals surface area contributed by atoms with Gasteiger partial charge < -0.3 is 9.84 Å². The van der Waals surface area contributed by atoms with Gasteiger partial charge in [-0.15, -0.1) is 0 Å². The number of likely N-dealkylation sites (tertiary alicyclic amines) is 1. The minimum atomic E-state index is 0.821. The summed E-state index contributed by atoms with van der Waals surface area (Å²) in [7, 11) is 0. The van der Waals surface area contributed by atoms with E-state index in [-0.39, 0.29) is 0 Å². The highest BCUT2D eigenvalue weighted by atomic mass is 16.5. The maximum absolute atomic E-state index is 5.50.